The normalized spacial score (nSPS) is 18.4. The number of hydrogen-bond acceptors (Lipinski definition) is 8. The van der Waals surface area contributed by atoms with E-state index in [4.69, 9.17) is 19.2 Å². The highest BCUT2D eigenvalue weighted by atomic mass is 19.1. The zero-order chi connectivity index (χ0) is 26.5. The molecule has 6 heterocycles. The smallest absolute Gasteiger partial charge is 0.275 e. The van der Waals surface area contributed by atoms with Crippen LogP contribution < -0.4 is 10.1 Å². The van der Waals surface area contributed by atoms with E-state index in [-0.39, 0.29) is 24.4 Å². The number of aromatic nitrogens is 4. The van der Waals surface area contributed by atoms with Gasteiger partial charge in [-0.25, -0.2) is 14.4 Å². The Morgan fingerprint density at radius 1 is 1.13 bits per heavy atom. The predicted molar refractivity (Wildman–Crippen MR) is 139 cm³/mol. The van der Waals surface area contributed by atoms with Crippen molar-refractivity contribution >= 4 is 17.4 Å². The van der Waals surface area contributed by atoms with E-state index in [1.165, 1.54) is 6.07 Å². The summed E-state index contributed by atoms with van der Waals surface area (Å²) in [6.07, 6.45) is 3.74. The molecule has 3 aliphatic heterocycles. The molecule has 4 aromatic rings. The average Bonchev–Trinajstić information content (AvgIpc) is 3.60. The lowest BCUT2D eigenvalue weighted by molar-refractivity contribution is -0.0953. The Balaban J connectivity index is 1.30. The fourth-order valence-electron chi connectivity index (χ4n) is 5.59. The van der Waals surface area contributed by atoms with Crippen LogP contribution in [0, 0.1) is 12.7 Å². The number of carbonyl (C=O) groups excluding carboxylic acids is 1. The van der Waals surface area contributed by atoms with E-state index in [9.17, 15) is 9.18 Å². The molecule has 0 radical (unpaired) electrons. The molecule has 1 saturated heterocycles. The number of imidazole rings is 1. The number of halogens is 1. The van der Waals surface area contributed by atoms with Gasteiger partial charge in [-0.05, 0) is 25.1 Å². The fourth-order valence-corrected chi connectivity index (χ4v) is 5.59. The van der Waals surface area contributed by atoms with Gasteiger partial charge in [0.15, 0.2) is 5.69 Å². The molecule has 11 heteroatoms. The number of ether oxygens (including phenoxy) is 3. The molecule has 1 aromatic carbocycles. The predicted octanol–water partition coefficient (Wildman–Crippen LogP) is 3.16. The second kappa shape index (κ2) is 9.58. The molecule has 1 amide bonds. The Morgan fingerprint density at radius 2 is 2.05 bits per heavy atom. The summed E-state index contributed by atoms with van der Waals surface area (Å²) < 4.78 is 33.5. The van der Waals surface area contributed by atoms with E-state index in [0.29, 0.717) is 74.4 Å². The van der Waals surface area contributed by atoms with Gasteiger partial charge in [-0.2, -0.15) is 0 Å². The van der Waals surface area contributed by atoms with Crippen molar-refractivity contribution in [3.05, 3.63) is 70.8 Å². The van der Waals surface area contributed by atoms with Gasteiger partial charge in [0, 0.05) is 53.7 Å². The Bertz CT molecular complexity index is 1600. The zero-order valence-corrected chi connectivity index (χ0v) is 21.4. The van der Waals surface area contributed by atoms with Crippen molar-refractivity contribution in [3.63, 3.8) is 0 Å². The number of nitrogens with one attached hydrogen (secondary N) is 1. The maximum atomic E-state index is 14.8. The van der Waals surface area contributed by atoms with Gasteiger partial charge in [0.25, 0.3) is 5.91 Å². The first kappa shape index (κ1) is 24.0. The maximum Gasteiger partial charge on any atom is 0.275 e. The minimum absolute atomic E-state index is 0.212. The molecule has 3 aliphatic rings. The Labute approximate surface area is 223 Å². The highest BCUT2D eigenvalue weighted by Crippen LogP contribution is 2.35. The number of aryl methyl sites for hydroxylation is 1. The quantitative estimate of drug-likeness (QED) is 0.420. The lowest BCUT2D eigenvalue weighted by atomic mass is 10.0. The number of fused-ring (bicyclic) bond motifs is 3. The van der Waals surface area contributed by atoms with Crippen molar-refractivity contribution in [1.29, 1.82) is 0 Å². The van der Waals surface area contributed by atoms with Gasteiger partial charge >= 0.3 is 0 Å². The van der Waals surface area contributed by atoms with Crippen LogP contribution in [0.2, 0.25) is 0 Å². The highest BCUT2D eigenvalue weighted by Gasteiger charge is 2.31. The van der Waals surface area contributed by atoms with Crippen molar-refractivity contribution < 1.29 is 23.4 Å². The molecule has 0 aliphatic carbocycles. The number of hydrogen-bond donors (Lipinski definition) is 1. The monoisotopic (exact) mass is 530 g/mol. The van der Waals surface area contributed by atoms with Gasteiger partial charge in [0.05, 0.1) is 50.3 Å². The molecule has 1 fully saturated rings. The molecule has 1 unspecified atom stereocenters. The number of anilines is 1. The third kappa shape index (κ3) is 4.18. The van der Waals surface area contributed by atoms with Crippen molar-refractivity contribution in [1.82, 2.24) is 24.3 Å². The molecule has 1 atom stereocenters. The van der Waals surface area contributed by atoms with Crippen LogP contribution in [-0.4, -0.2) is 69.2 Å². The molecule has 39 heavy (non-hydrogen) atoms. The molecule has 10 nitrogen and oxygen atoms in total. The second-order valence-electron chi connectivity index (χ2n) is 9.96. The van der Waals surface area contributed by atoms with E-state index in [2.05, 4.69) is 15.3 Å². The van der Waals surface area contributed by atoms with Crippen LogP contribution in [0.5, 0.6) is 5.75 Å². The average molecular weight is 531 g/mol. The Hall–Kier alpha value is -4.09. The van der Waals surface area contributed by atoms with Crippen LogP contribution in [0.15, 0.2) is 36.8 Å². The summed E-state index contributed by atoms with van der Waals surface area (Å²) in [6, 6.07) is 7.05. The number of rotatable bonds is 5. The minimum Gasteiger partial charge on any atom is -0.493 e. The van der Waals surface area contributed by atoms with E-state index >= 15 is 0 Å². The minimum atomic E-state index is -0.296. The summed E-state index contributed by atoms with van der Waals surface area (Å²) in [4.78, 5) is 29.6. The van der Waals surface area contributed by atoms with Crippen LogP contribution in [0.1, 0.15) is 33.0 Å². The Morgan fingerprint density at radius 3 is 2.92 bits per heavy atom. The molecule has 7 rings (SSSR count). The standard InChI is InChI=1S/C28H27FN6O4/c1-16-2-3-18-21-11-31-28(30-10-20-19-6-7-39-24(19)5-4-22(20)29)35-15-32-25(26(21)35)27(36)34(13-23(18)33-16)12-17-14-37-8-9-38-17/h2-5,11,15,17H,6-10,12-14H2,1H3,(H,30,31). The fraction of sp³-hybridized carbons (Fsp3) is 0.357. The molecule has 1 N–H and O–H groups in total. The van der Waals surface area contributed by atoms with Gasteiger partial charge in [0.1, 0.15) is 17.9 Å². The summed E-state index contributed by atoms with van der Waals surface area (Å²) in [7, 11) is 0. The highest BCUT2D eigenvalue weighted by molar-refractivity contribution is 6.04. The summed E-state index contributed by atoms with van der Waals surface area (Å²) in [6.45, 7) is 4.83. The first-order chi connectivity index (χ1) is 19.1. The maximum absolute atomic E-state index is 14.8. The number of pyridine rings is 1. The first-order valence-electron chi connectivity index (χ1n) is 13.1. The van der Waals surface area contributed by atoms with Gasteiger partial charge < -0.3 is 24.4 Å². The topological polar surface area (TPSA) is 103 Å². The van der Waals surface area contributed by atoms with Gasteiger partial charge in [0.2, 0.25) is 5.95 Å². The van der Waals surface area contributed by atoms with Gasteiger partial charge in [-0.1, -0.05) is 6.07 Å². The summed E-state index contributed by atoms with van der Waals surface area (Å²) in [5.74, 6) is 0.652. The summed E-state index contributed by atoms with van der Waals surface area (Å²) in [5, 5.41) is 3.26. The van der Waals surface area contributed by atoms with Gasteiger partial charge in [-0.3, -0.25) is 14.2 Å². The number of carbonyl (C=O) groups is 1. The third-order valence-corrected chi connectivity index (χ3v) is 7.47. The lowest BCUT2D eigenvalue weighted by Crippen LogP contribution is -2.43. The largest absolute Gasteiger partial charge is 0.493 e. The number of amides is 1. The number of benzene rings is 1. The third-order valence-electron chi connectivity index (χ3n) is 7.47. The summed E-state index contributed by atoms with van der Waals surface area (Å²) >= 11 is 0. The molecular formula is C28H27FN6O4. The van der Waals surface area contributed by atoms with Crippen LogP contribution in [0.25, 0.3) is 16.6 Å². The number of nitrogens with zero attached hydrogens (tertiary/aromatic N) is 5. The van der Waals surface area contributed by atoms with Crippen LogP contribution in [0.4, 0.5) is 10.3 Å². The molecule has 0 spiro atoms. The van der Waals surface area contributed by atoms with Crippen molar-refractivity contribution in [2.24, 2.45) is 0 Å². The van der Waals surface area contributed by atoms with Crippen LogP contribution in [-0.2, 0) is 29.0 Å². The lowest BCUT2D eigenvalue weighted by Gasteiger charge is -2.31. The van der Waals surface area contributed by atoms with Crippen LogP contribution >= 0.6 is 0 Å². The van der Waals surface area contributed by atoms with Crippen molar-refractivity contribution in [3.8, 4) is 16.9 Å². The first-order valence-corrected chi connectivity index (χ1v) is 13.1. The summed E-state index contributed by atoms with van der Waals surface area (Å²) in [5.41, 5.74) is 5.64. The second-order valence-corrected chi connectivity index (χ2v) is 9.96. The SMILES string of the molecule is Cc1ccc2c(n1)CN(CC1COCCO1)C(=O)c1ncn3c(NCc4c(F)ccc5c4CCO5)ncc-2c13. The van der Waals surface area contributed by atoms with Gasteiger partial charge in [-0.15, -0.1) is 0 Å². The molecule has 200 valence electrons. The Kier molecular flexibility index (Phi) is 5.89. The van der Waals surface area contributed by atoms with E-state index in [0.717, 1.165) is 28.1 Å². The van der Waals surface area contributed by atoms with E-state index in [1.54, 1.807) is 27.9 Å². The molecule has 0 bridgehead atoms. The zero-order valence-electron chi connectivity index (χ0n) is 21.4. The van der Waals surface area contributed by atoms with E-state index in [1.807, 2.05) is 19.1 Å². The molecule has 0 saturated carbocycles. The molecule has 3 aromatic heterocycles. The van der Waals surface area contributed by atoms with Crippen LogP contribution in [0.3, 0.4) is 0 Å². The van der Waals surface area contributed by atoms with Crippen molar-refractivity contribution in [2.75, 3.05) is 38.3 Å². The molecular weight excluding hydrogens is 503 g/mol. The van der Waals surface area contributed by atoms with Crippen molar-refractivity contribution in [2.45, 2.75) is 32.5 Å². The van der Waals surface area contributed by atoms with E-state index < -0.39 is 0 Å².